The summed E-state index contributed by atoms with van der Waals surface area (Å²) < 4.78 is 7.27. The van der Waals surface area contributed by atoms with Gasteiger partial charge in [-0.25, -0.2) is 4.98 Å². The van der Waals surface area contributed by atoms with Crippen LogP contribution in [0.5, 0.6) is 5.75 Å². The summed E-state index contributed by atoms with van der Waals surface area (Å²) in [4.78, 5) is 19.5. The number of rotatable bonds is 7. The maximum absolute atomic E-state index is 12.5. The Labute approximate surface area is 217 Å². The molecule has 4 aromatic rings. The Morgan fingerprint density at radius 1 is 1.19 bits per heavy atom. The highest BCUT2D eigenvalue weighted by atomic mass is 35.5. The first kappa shape index (κ1) is 24.1. The zero-order chi connectivity index (χ0) is 25.2. The van der Waals surface area contributed by atoms with Gasteiger partial charge in [-0.1, -0.05) is 29.3 Å². The molecule has 1 aliphatic heterocycles. The molecule has 1 fully saturated rings. The number of primary amides is 1. The van der Waals surface area contributed by atoms with Crippen molar-refractivity contribution < 1.29 is 9.53 Å². The zero-order valence-corrected chi connectivity index (χ0v) is 21.0. The van der Waals surface area contributed by atoms with Crippen molar-refractivity contribution in [2.75, 3.05) is 43.5 Å². The Bertz CT molecular complexity index is 1420. The number of nitrogens with zero attached hydrogens (tertiary/aromatic N) is 5. The van der Waals surface area contributed by atoms with Crippen LogP contribution in [-0.4, -0.2) is 58.8 Å². The Hall–Kier alpha value is -3.60. The van der Waals surface area contributed by atoms with Crippen LogP contribution in [0.25, 0.3) is 5.65 Å². The number of halogens is 2. The van der Waals surface area contributed by atoms with Crippen LogP contribution in [0.1, 0.15) is 21.7 Å². The predicted molar refractivity (Wildman–Crippen MR) is 140 cm³/mol. The van der Waals surface area contributed by atoms with E-state index in [1.165, 1.54) is 6.33 Å². The van der Waals surface area contributed by atoms with E-state index in [4.69, 9.17) is 38.7 Å². The first-order valence-electron chi connectivity index (χ1n) is 11.3. The molecule has 0 atom stereocenters. The van der Waals surface area contributed by atoms with Crippen molar-refractivity contribution in [3.8, 4) is 5.75 Å². The molecular formula is C24H24Cl2N8O2. The highest BCUT2D eigenvalue weighted by molar-refractivity contribution is 6.36. The van der Waals surface area contributed by atoms with Crippen molar-refractivity contribution in [2.45, 2.75) is 6.42 Å². The van der Waals surface area contributed by atoms with Gasteiger partial charge in [-0.3, -0.25) is 9.20 Å². The molecular weight excluding hydrogens is 503 g/mol. The fraction of sp³-hybridized carbons (Fsp3) is 0.250. The molecule has 2 aromatic carbocycles. The molecule has 12 heteroatoms. The van der Waals surface area contributed by atoms with Crippen LogP contribution in [0.2, 0.25) is 10.0 Å². The van der Waals surface area contributed by atoms with E-state index in [1.807, 2.05) is 18.2 Å². The minimum absolute atomic E-state index is 0.106. The van der Waals surface area contributed by atoms with Crippen molar-refractivity contribution in [1.29, 1.82) is 0 Å². The number of piperazine rings is 1. The van der Waals surface area contributed by atoms with Crippen LogP contribution in [-0.2, 0) is 6.42 Å². The van der Waals surface area contributed by atoms with Crippen LogP contribution < -0.4 is 26.0 Å². The molecule has 2 aromatic heterocycles. The Kier molecular flexibility index (Phi) is 6.82. The van der Waals surface area contributed by atoms with E-state index in [0.29, 0.717) is 32.9 Å². The number of carbonyl (C=O) groups excluding carboxylic acids is 1. The fourth-order valence-corrected chi connectivity index (χ4v) is 4.80. The van der Waals surface area contributed by atoms with Crippen LogP contribution in [0.15, 0.2) is 42.7 Å². The van der Waals surface area contributed by atoms with Gasteiger partial charge in [0.05, 0.1) is 12.8 Å². The first-order chi connectivity index (χ1) is 17.5. The van der Waals surface area contributed by atoms with Crippen LogP contribution in [0.4, 0.5) is 17.2 Å². The molecule has 0 bridgehead atoms. The molecule has 0 saturated carbocycles. The van der Waals surface area contributed by atoms with Crippen molar-refractivity contribution in [3.05, 3.63) is 69.7 Å². The van der Waals surface area contributed by atoms with Gasteiger partial charge in [0.2, 0.25) is 0 Å². The summed E-state index contributed by atoms with van der Waals surface area (Å²) in [7, 11) is 1.59. The highest BCUT2D eigenvalue weighted by Crippen LogP contribution is 2.34. The van der Waals surface area contributed by atoms with Crippen molar-refractivity contribution in [3.63, 3.8) is 0 Å². The summed E-state index contributed by atoms with van der Waals surface area (Å²) in [5, 5.41) is 15.7. The van der Waals surface area contributed by atoms with E-state index in [2.05, 4.69) is 25.7 Å². The van der Waals surface area contributed by atoms with Gasteiger partial charge in [-0.05, 0) is 29.8 Å². The Morgan fingerprint density at radius 3 is 2.64 bits per heavy atom. The lowest BCUT2D eigenvalue weighted by Gasteiger charge is -2.30. The number of ether oxygens (including phenoxy) is 1. The number of fused-ring (bicyclic) bond motifs is 1. The lowest BCUT2D eigenvalue weighted by Crippen LogP contribution is -2.43. The number of benzene rings is 2. The lowest BCUT2D eigenvalue weighted by atomic mass is 10.1. The lowest BCUT2D eigenvalue weighted by molar-refractivity contribution is 0.100. The summed E-state index contributed by atoms with van der Waals surface area (Å²) in [6.07, 6.45) is 1.75. The third kappa shape index (κ3) is 4.62. The van der Waals surface area contributed by atoms with Gasteiger partial charge in [0.1, 0.15) is 29.3 Å². The van der Waals surface area contributed by atoms with Gasteiger partial charge in [0.25, 0.3) is 5.91 Å². The second kappa shape index (κ2) is 10.2. The van der Waals surface area contributed by atoms with Crippen molar-refractivity contribution in [2.24, 2.45) is 5.73 Å². The molecule has 0 radical (unpaired) electrons. The number of aromatic nitrogens is 4. The van der Waals surface area contributed by atoms with E-state index in [-0.39, 0.29) is 23.4 Å². The topological polar surface area (TPSA) is 123 Å². The average molecular weight is 527 g/mol. The van der Waals surface area contributed by atoms with Gasteiger partial charge >= 0.3 is 0 Å². The van der Waals surface area contributed by atoms with Gasteiger partial charge in [-0.2, -0.15) is 0 Å². The molecule has 5 rings (SSSR count). The first-order valence-corrected chi connectivity index (χ1v) is 12.1. The van der Waals surface area contributed by atoms with Crippen molar-refractivity contribution >= 4 is 51.9 Å². The summed E-state index contributed by atoms with van der Waals surface area (Å²) in [6.45, 7) is 3.65. The molecule has 1 saturated heterocycles. The number of methoxy groups -OCH3 is 1. The quantitative estimate of drug-likeness (QED) is 0.335. The van der Waals surface area contributed by atoms with E-state index in [9.17, 15) is 4.79 Å². The minimum Gasteiger partial charge on any atom is -0.494 e. The van der Waals surface area contributed by atoms with Crippen molar-refractivity contribution in [1.82, 2.24) is 24.9 Å². The highest BCUT2D eigenvalue weighted by Gasteiger charge is 2.23. The molecule has 0 spiro atoms. The average Bonchev–Trinajstić information content (AvgIpc) is 3.36. The number of amides is 1. The van der Waals surface area contributed by atoms with E-state index < -0.39 is 5.91 Å². The van der Waals surface area contributed by atoms with E-state index >= 15 is 0 Å². The molecule has 10 nitrogen and oxygen atoms in total. The summed E-state index contributed by atoms with van der Waals surface area (Å²) in [5.41, 5.74) is 8.49. The monoisotopic (exact) mass is 526 g/mol. The Morgan fingerprint density at radius 2 is 1.94 bits per heavy atom. The molecule has 1 aliphatic rings. The molecule has 36 heavy (non-hydrogen) atoms. The third-order valence-electron chi connectivity index (χ3n) is 6.09. The van der Waals surface area contributed by atoms with Crippen LogP contribution in [0.3, 0.4) is 0 Å². The standard InChI is InChI=1S/C24H24Cl2N8O2/c1-36-19-11-14(33-9-7-28-8-10-33)5-6-18(19)30-23-21(22(27)35)24-32-29-13-34(24)20(31-23)12-15-16(25)3-2-4-17(15)26/h2-6,11,13,28,30H,7-10,12H2,1H3,(H2,27,35). The van der Waals surface area contributed by atoms with E-state index in [0.717, 1.165) is 31.9 Å². The molecule has 0 unspecified atom stereocenters. The number of hydrogen-bond donors (Lipinski definition) is 3. The number of hydrogen-bond acceptors (Lipinski definition) is 8. The minimum atomic E-state index is -0.693. The maximum Gasteiger partial charge on any atom is 0.256 e. The van der Waals surface area contributed by atoms with Crippen LogP contribution in [0, 0.1) is 0 Å². The normalized spacial score (nSPS) is 13.7. The third-order valence-corrected chi connectivity index (χ3v) is 6.80. The van der Waals surface area contributed by atoms with E-state index in [1.54, 1.807) is 29.7 Å². The number of nitrogens with one attached hydrogen (secondary N) is 2. The number of carbonyl (C=O) groups is 1. The van der Waals surface area contributed by atoms with Gasteiger partial charge < -0.3 is 26.0 Å². The Balaban J connectivity index is 1.57. The predicted octanol–water partition coefficient (Wildman–Crippen LogP) is 3.28. The van der Waals surface area contributed by atoms with Gasteiger partial charge in [0.15, 0.2) is 5.65 Å². The molecule has 0 aliphatic carbocycles. The summed E-state index contributed by atoms with van der Waals surface area (Å²) in [6, 6.07) is 11.1. The summed E-state index contributed by atoms with van der Waals surface area (Å²) >= 11 is 12.8. The molecule has 186 valence electrons. The smallest absolute Gasteiger partial charge is 0.256 e. The SMILES string of the molecule is COc1cc(N2CCNCC2)ccc1Nc1nc(Cc2c(Cl)cccc2Cl)n2cnnc2c1C(N)=O. The second-order valence-electron chi connectivity index (χ2n) is 8.26. The number of anilines is 3. The second-order valence-corrected chi connectivity index (χ2v) is 9.08. The van der Waals surface area contributed by atoms with Crippen LogP contribution >= 0.6 is 23.2 Å². The maximum atomic E-state index is 12.5. The number of nitrogens with two attached hydrogens (primary N) is 1. The largest absolute Gasteiger partial charge is 0.494 e. The molecule has 4 N–H and O–H groups in total. The summed E-state index contributed by atoms with van der Waals surface area (Å²) in [5.74, 6) is 0.658. The van der Waals surface area contributed by atoms with Gasteiger partial charge in [-0.15, -0.1) is 10.2 Å². The van der Waals surface area contributed by atoms with Gasteiger partial charge in [0, 0.05) is 54.4 Å². The zero-order valence-electron chi connectivity index (χ0n) is 19.5. The fourth-order valence-electron chi connectivity index (χ4n) is 4.27. The molecule has 1 amide bonds. The molecule has 3 heterocycles.